The number of aryl methyl sites for hydroxylation is 1. The van der Waals surface area contributed by atoms with Gasteiger partial charge in [0.05, 0.1) is 6.10 Å². The lowest BCUT2D eigenvalue weighted by Gasteiger charge is -2.26. The van der Waals surface area contributed by atoms with Crippen molar-refractivity contribution in [2.45, 2.75) is 51.2 Å². The van der Waals surface area contributed by atoms with E-state index in [0.29, 0.717) is 6.10 Å². The molecule has 17 heavy (non-hydrogen) atoms. The van der Waals surface area contributed by atoms with Gasteiger partial charge in [-0.15, -0.1) is 0 Å². The lowest BCUT2D eigenvalue weighted by molar-refractivity contribution is 0.0967. The Morgan fingerprint density at radius 1 is 1.35 bits per heavy atom. The first kappa shape index (κ1) is 12.6. The summed E-state index contributed by atoms with van der Waals surface area (Å²) in [5.74, 6) is 0. The van der Waals surface area contributed by atoms with E-state index in [1.807, 2.05) is 0 Å². The number of benzene rings is 1. The third-order valence-corrected chi connectivity index (χ3v) is 3.72. The number of ether oxygens (including phenoxy) is 1. The van der Waals surface area contributed by atoms with Crippen LogP contribution >= 0.6 is 0 Å². The van der Waals surface area contributed by atoms with Gasteiger partial charge in [0.25, 0.3) is 0 Å². The Kier molecular flexibility index (Phi) is 3.85. The van der Waals surface area contributed by atoms with Crippen LogP contribution in [0, 0.1) is 6.92 Å². The largest absolute Gasteiger partial charge is 0.378 e. The highest BCUT2D eigenvalue weighted by molar-refractivity contribution is 5.27. The zero-order valence-corrected chi connectivity index (χ0v) is 10.9. The molecule has 2 rings (SSSR count). The van der Waals surface area contributed by atoms with E-state index in [2.05, 4.69) is 38.1 Å². The second-order valence-corrected chi connectivity index (χ2v) is 5.46. The normalized spacial score (nSPS) is 23.6. The van der Waals surface area contributed by atoms with Gasteiger partial charge in [0, 0.05) is 12.1 Å². The molecule has 0 aromatic heterocycles. The SMILES string of the molecule is Cc1ccc(C(C)(N)CCC2CCCO2)cc1. The number of hydrogen-bond donors (Lipinski definition) is 1. The molecule has 94 valence electrons. The van der Waals surface area contributed by atoms with Gasteiger partial charge in [-0.05, 0) is 45.1 Å². The standard InChI is InChI=1S/C15H23NO/c1-12-5-7-13(8-6-12)15(2,16)10-9-14-4-3-11-17-14/h5-8,14H,3-4,9-11,16H2,1-2H3. The van der Waals surface area contributed by atoms with Crippen LogP contribution in [0.2, 0.25) is 0 Å². The van der Waals surface area contributed by atoms with E-state index in [1.165, 1.54) is 24.0 Å². The van der Waals surface area contributed by atoms with Crippen molar-refractivity contribution in [3.05, 3.63) is 35.4 Å². The second kappa shape index (κ2) is 5.19. The van der Waals surface area contributed by atoms with Crippen LogP contribution in [0.15, 0.2) is 24.3 Å². The molecule has 1 fully saturated rings. The Bertz CT molecular complexity index is 350. The van der Waals surface area contributed by atoms with Crippen LogP contribution in [0.25, 0.3) is 0 Å². The molecule has 0 amide bonds. The van der Waals surface area contributed by atoms with Gasteiger partial charge in [0.2, 0.25) is 0 Å². The van der Waals surface area contributed by atoms with Crippen molar-refractivity contribution in [2.24, 2.45) is 5.73 Å². The molecule has 1 heterocycles. The van der Waals surface area contributed by atoms with E-state index in [1.54, 1.807) is 0 Å². The summed E-state index contributed by atoms with van der Waals surface area (Å²) < 4.78 is 5.65. The fourth-order valence-corrected chi connectivity index (χ4v) is 2.41. The minimum Gasteiger partial charge on any atom is -0.378 e. The summed E-state index contributed by atoms with van der Waals surface area (Å²) in [6.07, 6.45) is 4.89. The summed E-state index contributed by atoms with van der Waals surface area (Å²) in [5.41, 5.74) is 8.68. The highest BCUT2D eigenvalue weighted by Crippen LogP contribution is 2.27. The van der Waals surface area contributed by atoms with Crippen molar-refractivity contribution in [3.8, 4) is 0 Å². The van der Waals surface area contributed by atoms with Crippen LogP contribution in [0.4, 0.5) is 0 Å². The maximum absolute atomic E-state index is 6.41. The van der Waals surface area contributed by atoms with E-state index < -0.39 is 0 Å². The number of rotatable bonds is 4. The topological polar surface area (TPSA) is 35.2 Å². The number of hydrogen-bond acceptors (Lipinski definition) is 2. The number of nitrogens with two attached hydrogens (primary N) is 1. The van der Waals surface area contributed by atoms with Crippen LogP contribution in [0.1, 0.15) is 43.7 Å². The minimum atomic E-state index is -0.236. The minimum absolute atomic E-state index is 0.236. The highest BCUT2D eigenvalue weighted by Gasteiger charge is 2.24. The van der Waals surface area contributed by atoms with E-state index in [9.17, 15) is 0 Å². The molecular weight excluding hydrogens is 210 g/mol. The van der Waals surface area contributed by atoms with Gasteiger partial charge >= 0.3 is 0 Å². The molecule has 0 saturated carbocycles. The molecule has 1 aliphatic rings. The Labute approximate surface area is 104 Å². The lowest BCUT2D eigenvalue weighted by atomic mass is 9.87. The predicted molar refractivity (Wildman–Crippen MR) is 70.9 cm³/mol. The molecule has 2 atom stereocenters. The van der Waals surface area contributed by atoms with Gasteiger partial charge in [-0.1, -0.05) is 29.8 Å². The Hall–Kier alpha value is -0.860. The van der Waals surface area contributed by atoms with Crippen molar-refractivity contribution in [2.75, 3.05) is 6.61 Å². The zero-order chi connectivity index (χ0) is 12.3. The third kappa shape index (κ3) is 3.30. The van der Waals surface area contributed by atoms with Crippen LogP contribution in [0.5, 0.6) is 0 Å². The van der Waals surface area contributed by atoms with Gasteiger partial charge in [0.1, 0.15) is 0 Å². The molecule has 0 spiro atoms. The van der Waals surface area contributed by atoms with Crippen molar-refractivity contribution in [1.82, 2.24) is 0 Å². The second-order valence-electron chi connectivity index (χ2n) is 5.46. The van der Waals surface area contributed by atoms with Gasteiger partial charge in [-0.3, -0.25) is 0 Å². The summed E-state index contributed by atoms with van der Waals surface area (Å²) in [6.45, 7) is 5.15. The predicted octanol–water partition coefficient (Wildman–Crippen LogP) is 3.13. The molecule has 1 saturated heterocycles. The molecule has 1 aromatic rings. The van der Waals surface area contributed by atoms with Gasteiger partial charge in [0.15, 0.2) is 0 Å². The van der Waals surface area contributed by atoms with Crippen LogP contribution < -0.4 is 5.73 Å². The van der Waals surface area contributed by atoms with E-state index in [-0.39, 0.29) is 5.54 Å². The average Bonchev–Trinajstić information content (AvgIpc) is 2.80. The Balaban J connectivity index is 1.94. The first-order chi connectivity index (χ1) is 8.08. The van der Waals surface area contributed by atoms with Crippen LogP contribution in [0.3, 0.4) is 0 Å². The highest BCUT2D eigenvalue weighted by atomic mass is 16.5. The Morgan fingerprint density at radius 3 is 2.65 bits per heavy atom. The molecule has 2 N–H and O–H groups in total. The van der Waals surface area contributed by atoms with Crippen molar-refractivity contribution in [1.29, 1.82) is 0 Å². The first-order valence-corrected chi connectivity index (χ1v) is 6.55. The molecule has 1 aliphatic heterocycles. The summed E-state index contributed by atoms with van der Waals surface area (Å²) in [5, 5.41) is 0. The van der Waals surface area contributed by atoms with Crippen molar-refractivity contribution >= 4 is 0 Å². The molecule has 0 aliphatic carbocycles. The molecule has 2 nitrogen and oxygen atoms in total. The van der Waals surface area contributed by atoms with Gasteiger partial charge < -0.3 is 10.5 Å². The summed E-state index contributed by atoms with van der Waals surface area (Å²) >= 11 is 0. The van der Waals surface area contributed by atoms with Crippen molar-refractivity contribution < 1.29 is 4.74 Å². The molecule has 2 unspecified atom stereocenters. The maximum Gasteiger partial charge on any atom is 0.0576 e. The average molecular weight is 233 g/mol. The van der Waals surface area contributed by atoms with E-state index in [4.69, 9.17) is 10.5 Å². The lowest BCUT2D eigenvalue weighted by Crippen LogP contribution is -2.34. The molecule has 0 radical (unpaired) electrons. The van der Waals surface area contributed by atoms with Gasteiger partial charge in [-0.25, -0.2) is 0 Å². The summed E-state index contributed by atoms with van der Waals surface area (Å²) in [4.78, 5) is 0. The first-order valence-electron chi connectivity index (χ1n) is 6.55. The maximum atomic E-state index is 6.41. The van der Waals surface area contributed by atoms with E-state index in [0.717, 1.165) is 19.4 Å². The summed E-state index contributed by atoms with van der Waals surface area (Å²) in [7, 11) is 0. The third-order valence-electron chi connectivity index (χ3n) is 3.72. The van der Waals surface area contributed by atoms with E-state index >= 15 is 0 Å². The fourth-order valence-electron chi connectivity index (χ4n) is 2.41. The summed E-state index contributed by atoms with van der Waals surface area (Å²) in [6, 6.07) is 8.55. The Morgan fingerprint density at radius 2 is 2.06 bits per heavy atom. The van der Waals surface area contributed by atoms with Crippen molar-refractivity contribution in [3.63, 3.8) is 0 Å². The monoisotopic (exact) mass is 233 g/mol. The zero-order valence-electron chi connectivity index (χ0n) is 10.9. The van der Waals surface area contributed by atoms with Crippen LogP contribution in [-0.2, 0) is 10.3 Å². The molecular formula is C15H23NO. The van der Waals surface area contributed by atoms with Crippen LogP contribution in [-0.4, -0.2) is 12.7 Å². The molecule has 0 bridgehead atoms. The fraction of sp³-hybridized carbons (Fsp3) is 0.600. The molecule has 2 heteroatoms. The quantitative estimate of drug-likeness (QED) is 0.867. The smallest absolute Gasteiger partial charge is 0.0576 e. The molecule has 1 aromatic carbocycles. The van der Waals surface area contributed by atoms with Gasteiger partial charge in [-0.2, -0.15) is 0 Å².